The lowest BCUT2D eigenvalue weighted by Gasteiger charge is -2.17. The van der Waals surface area contributed by atoms with Crippen molar-refractivity contribution in [2.45, 2.75) is 31.4 Å². The molecule has 15 heavy (non-hydrogen) atoms. The summed E-state index contributed by atoms with van der Waals surface area (Å²) in [6.45, 7) is 0. The lowest BCUT2D eigenvalue weighted by atomic mass is 10.2. The van der Waals surface area contributed by atoms with Crippen molar-refractivity contribution in [3.05, 3.63) is 24.0 Å². The molecule has 1 saturated carbocycles. The van der Waals surface area contributed by atoms with Gasteiger partial charge in [-0.15, -0.1) is 0 Å². The Labute approximate surface area is 88.6 Å². The van der Waals surface area contributed by atoms with Crippen molar-refractivity contribution in [2.24, 2.45) is 0 Å². The first-order chi connectivity index (χ1) is 7.29. The molecule has 2 rings (SSSR count). The Balaban J connectivity index is 2.02. The standard InChI is InChI=1S/C11H13N3O/c12-6-8-4-5-9(7-13-8)14-10-2-1-3-11(10)15/h4-5,7,10-11,14-15H,1-3H2/t10-,11-/m1/s1. The van der Waals surface area contributed by atoms with Crippen molar-refractivity contribution >= 4 is 5.69 Å². The van der Waals surface area contributed by atoms with Crippen LogP contribution in [0.4, 0.5) is 5.69 Å². The fraction of sp³-hybridized carbons (Fsp3) is 0.455. The molecule has 1 heterocycles. The van der Waals surface area contributed by atoms with E-state index in [9.17, 15) is 5.11 Å². The van der Waals surface area contributed by atoms with E-state index in [0.29, 0.717) is 5.69 Å². The van der Waals surface area contributed by atoms with Crippen LogP contribution in [0.2, 0.25) is 0 Å². The third kappa shape index (κ3) is 2.25. The van der Waals surface area contributed by atoms with Gasteiger partial charge >= 0.3 is 0 Å². The molecule has 2 N–H and O–H groups in total. The van der Waals surface area contributed by atoms with Gasteiger partial charge in [-0.1, -0.05) is 0 Å². The third-order valence-electron chi connectivity index (χ3n) is 2.71. The highest BCUT2D eigenvalue weighted by Gasteiger charge is 2.24. The molecule has 0 spiro atoms. The summed E-state index contributed by atoms with van der Waals surface area (Å²) in [6.07, 6.45) is 4.27. The van der Waals surface area contributed by atoms with Crippen LogP contribution in [0.25, 0.3) is 0 Å². The Morgan fingerprint density at radius 3 is 2.87 bits per heavy atom. The maximum atomic E-state index is 9.62. The van der Waals surface area contributed by atoms with Crippen molar-refractivity contribution in [3.8, 4) is 6.07 Å². The minimum absolute atomic E-state index is 0.125. The largest absolute Gasteiger partial charge is 0.391 e. The highest BCUT2D eigenvalue weighted by Crippen LogP contribution is 2.22. The summed E-state index contributed by atoms with van der Waals surface area (Å²) in [5, 5.41) is 21.4. The Hall–Kier alpha value is -1.60. The van der Waals surface area contributed by atoms with E-state index in [1.54, 1.807) is 12.3 Å². The SMILES string of the molecule is N#Cc1ccc(N[C@@H]2CCC[C@H]2O)cn1. The highest BCUT2D eigenvalue weighted by molar-refractivity contribution is 5.44. The number of aliphatic hydroxyl groups is 1. The number of nitrogens with one attached hydrogen (secondary N) is 1. The summed E-state index contributed by atoms with van der Waals surface area (Å²) >= 11 is 0. The predicted molar refractivity (Wildman–Crippen MR) is 56.2 cm³/mol. The second-order valence-corrected chi connectivity index (χ2v) is 3.79. The summed E-state index contributed by atoms with van der Waals surface area (Å²) in [4.78, 5) is 3.96. The zero-order valence-electron chi connectivity index (χ0n) is 8.35. The number of aliphatic hydroxyl groups excluding tert-OH is 1. The van der Waals surface area contributed by atoms with Crippen LogP contribution in [0.1, 0.15) is 25.0 Å². The number of pyridine rings is 1. The average Bonchev–Trinajstić information content (AvgIpc) is 2.66. The Kier molecular flexibility index (Phi) is 2.84. The van der Waals surface area contributed by atoms with E-state index >= 15 is 0 Å². The van der Waals surface area contributed by atoms with Crippen LogP contribution in [-0.4, -0.2) is 22.2 Å². The first-order valence-electron chi connectivity index (χ1n) is 5.10. The zero-order valence-corrected chi connectivity index (χ0v) is 8.35. The molecule has 78 valence electrons. The molecular weight excluding hydrogens is 190 g/mol. The summed E-state index contributed by atoms with van der Waals surface area (Å²) < 4.78 is 0. The summed E-state index contributed by atoms with van der Waals surface area (Å²) in [6, 6.07) is 5.58. The van der Waals surface area contributed by atoms with Crippen LogP contribution in [0.15, 0.2) is 18.3 Å². The third-order valence-corrected chi connectivity index (χ3v) is 2.71. The number of rotatable bonds is 2. The van der Waals surface area contributed by atoms with Gasteiger partial charge < -0.3 is 10.4 Å². The molecule has 0 bridgehead atoms. The van der Waals surface area contributed by atoms with Crippen LogP contribution in [-0.2, 0) is 0 Å². The van der Waals surface area contributed by atoms with Gasteiger partial charge in [0.1, 0.15) is 11.8 Å². The molecular formula is C11H13N3O. The lowest BCUT2D eigenvalue weighted by Crippen LogP contribution is -2.27. The van der Waals surface area contributed by atoms with Gasteiger partial charge in [0.05, 0.1) is 24.0 Å². The van der Waals surface area contributed by atoms with Crippen LogP contribution in [0, 0.1) is 11.3 Å². The second-order valence-electron chi connectivity index (χ2n) is 3.79. The normalized spacial score (nSPS) is 24.8. The van der Waals surface area contributed by atoms with Gasteiger partial charge in [-0.3, -0.25) is 0 Å². The molecule has 2 atom stereocenters. The smallest absolute Gasteiger partial charge is 0.140 e. The molecule has 1 aromatic heterocycles. The minimum Gasteiger partial charge on any atom is -0.391 e. The second kappa shape index (κ2) is 4.28. The molecule has 0 amide bonds. The molecule has 1 aromatic rings. The Bertz CT molecular complexity index is 368. The van der Waals surface area contributed by atoms with Crippen molar-refractivity contribution in [3.63, 3.8) is 0 Å². The van der Waals surface area contributed by atoms with Crippen molar-refractivity contribution in [2.75, 3.05) is 5.32 Å². The van der Waals surface area contributed by atoms with Crippen LogP contribution < -0.4 is 5.32 Å². The van der Waals surface area contributed by atoms with E-state index in [0.717, 1.165) is 24.9 Å². The molecule has 0 saturated heterocycles. The Morgan fingerprint density at radius 2 is 2.33 bits per heavy atom. The maximum absolute atomic E-state index is 9.62. The number of anilines is 1. The monoisotopic (exact) mass is 203 g/mol. The molecule has 4 nitrogen and oxygen atoms in total. The quantitative estimate of drug-likeness (QED) is 0.759. The first kappa shape index (κ1) is 9.94. The molecule has 0 aliphatic heterocycles. The molecule has 0 unspecified atom stereocenters. The van der Waals surface area contributed by atoms with Crippen LogP contribution in [0.5, 0.6) is 0 Å². The summed E-state index contributed by atoms with van der Waals surface area (Å²) in [7, 11) is 0. The first-order valence-corrected chi connectivity index (χ1v) is 5.10. The van der Waals surface area contributed by atoms with E-state index in [4.69, 9.17) is 5.26 Å². The van der Waals surface area contributed by atoms with E-state index in [2.05, 4.69) is 10.3 Å². The van der Waals surface area contributed by atoms with Gasteiger partial charge in [0.25, 0.3) is 0 Å². The van der Waals surface area contributed by atoms with Gasteiger partial charge in [0.15, 0.2) is 0 Å². The highest BCUT2D eigenvalue weighted by atomic mass is 16.3. The molecule has 1 aliphatic carbocycles. The Morgan fingerprint density at radius 1 is 1.47 bits per heavy atom. The lowest BCUT2D eigenvalue weighted by molar-refractivity contribution is 0.172. The molecule has 0 aromatic carbocycles. The van der Waals surface area contributed by atoms with Crippen molar-refractivity contribution in [1.29, 1.82) is 5.26 Å². The number of nitriles is 1. The topological polar surface area (TPSA) is 68.9 Å². The molecule has 1 aliphatic rings. The average molecular weight is 203 g/mol. The van der Waals surface area contributed by atoms with Gasteiger partial charge in [-0.05, 0) is 31.4 Å². The number of hydrogen-bond acceptors (Lipinski definition) is 4. The summed E-state index contributed by atoms with van der Waals surface area (Å²) in [5.41, 5.74) is 1.27. The van der Waals surface area contributed by atoms with Crippen molar-refractivity contribution in [1.82, 2.24) is 4.98 Å². The van der Waals surface area contributed by atoms with E-state index in [-0.39, 0.29) is 12.1 Å². The van der Waals surface area contributed by atoms with E-state index < -0.39 is 0 Å². The van der Waals surface area contributed by atoms with Gasteiger partial charge in [0.2, 0.25) is 0 Å². The molecule has 0 radical (unpaired) electrons. The van der Waals surface area contributed by atoms with Gasteiger partial charge in [-0.2, -0.15) is 5.26 Å². The number of nitrogens with zero attached hydrogens (tertiary/aromatic N) is 2. The van der Waals surface area contributed by atoms with Crippen LogP contribution >= 0.6 is 0 Å². The zero-order chi connectivity index (χ0) is 10.7. The fourth-order valence-electron chi connectivity index (χ4n) is 1.87. The number of hydrogen-bond donors (Lipinski definition) is 2. The fourth-order valence-corrected chi connectivity index (χ4v) is 1.87. The number of aromatic nitrogens is 1. The molecule has 1 fully saturated rings. The van der Waals surface area contributed by atoms with Gasteiger partial charge in [-0.25, -0.2) is 4.98 Å². The minimum atomic E-state index is -0.263. The van der Waals surface area contributed by atoms with E-state index in [1.165, 1.54) is 0 Å². The summed E-state index contributed by atoms with van der Waals surface area (Å²) in [5.74, 6) is 0. The van der Waals surface area contributed by atoms with E-state index in [1.807, 2.05) is 12.1 Å². The van der Waals surface area contributed by atoms with Gasteiger partial charge in [0, 0.05) is 0 Å². The molecule has 4 heteroatoms. The maximum Gasteiger partial charge on any atom is 0.140 e. The predicted octanol–water partition coefficient (Wildman–Crippen LogP) is 1.28. The van der Waals surface area contributed by atoms with Crippen molar-refractivity contribution < 1.29 is 5.11 Å². The van der Waals surface area contributed by atoms with Crippen LogP contribution in [0.3, 0.4) is 0 Å².